The summed E-state index contributed by atoms with van der Waals surface area (Å²) in [6, 6.07) is 30.1. The van der Waals surface area contributed by atoms with Crippen LogP contribution in [0.15, 0.2) is 97.1 Å². The first kappa shape index (κ1) is 37.8. The monoisotopic (exact) mass is 729 g/mol. The quantitative estimate of drug-likeness (QED) is 0.119. The number of H-pyrrole nitrogens is 1. The number of esters is 1. The average Bonchev–Trinajstić information content (AvgIpc) is 3.53. The molecule has 3 N–H and O–H groups in total. The molecule has 0 saturated carbocycles. The number of fused-ring (bicyclic) bond motifs is 1. The summed E-state index contributed by atoms with van der Waals surface area (Å²) in [4.78, 5) is 58.8. The third kappa shape index (κ3) is 9.73. The number of hydrogen-bond donors (Lipinski definition) is 3. The molecule has 0 aliphatic carbocycles. The van der Waals surface area contributed by atoms with E-state index in [4.69, 9.17) is 9.47 Å². The summed E-state index contributed by atoms with van der Waals surface area (Å²) < 4.78 is 10.3. The van der Waals surface area contributed by atoms with Crippen LogP contribution in [0.1, 0.15) is 75.0 Å². The number of para-hydroxylation sites is 1. The number of rotatable bonds is 11. The zero-order chi connectivity index (χ0) is 38.2. The lowest BCUT2D eigenvalue weighted by molar-refractivity contribution is 0.0138. The van der Waals surface area contributed by atoms with Crippen LogP contribution >= 0.6 is 0 Å². The van der Waals surface area contributed by atoms with E-state index in [0.717, 1.165) is 41.5 Å². The Labute approximate surface area is 315 Å². The number of aromatic nitrogens is 1. The van der Waals surface area contributed by atoms with E-state index < -0.39 is 5.60 Å². The van der Waals surface area contributed by atoms with Crippen molar-refractivity contribution in [3.63, 3.8) is 0 Å². The lowest BCUT2D eigenvalue weighted by Gasteiger charge is -2.35. The van der Waals surface area contributed by atoms with Gasteiger partial charge in [0.1, 0.15) is 11.4 Å². The highest BCUT2D eigenvalue weighted by Gasteiger charge is 2.26. The van der Waals surface area contributed by atoms with E-state index >= 15 is 0 Å². The fraction of sp³-hybridized carbons (Fsp3) is 0.302. The molecule has 11 heteroatoms. The summed E-state index contributed by atoms with van der Waals surface area (Å²) in [7, 11) is 1.37. The first-order valence-electron chi connectivity index (χ1n) is 18.2. The summed E-state index contributed by atoms with van der Waals surface area (Å²) in [5.74, 6) is -0.707. The summed E-state index contributed by atoms with van der Waals surface area (Å²) >= 11 is 0. The van der Waals surface area contributed by atoms with Crippen LogP contribution in [0.4, 0.5) is 16.3 Å². The van der Waals surface area contributed by atoms with Gasteiger partial charge < -0.3 is 30.0 Å². The van der Waals surface area contributed by atoms with Gasteiger partial charge in [0.2, 0.25) is 0 Å². The number of ether oxygens (including phenoxy) is 2. The van der Waals surface area contributed by atoms with Crippen LogP contribution < -0.4 is 10.6 Å². The lowest BCUT2D eigenvalue weighted by atomic mass is 10.0. The third-order valence-corrected chi connectivity index (χ3v) is 9.31. The molecule has 280 valence electrons. The summed E-state index contributed by atoms with van der Waals surface area (Å²) in [5, 5.41) is 6.66. The van der Waals surface area contributed by atoms with Gasteiger partial charge in [-0.2, -0.15) is 0 Å². The largest absolute Gasteiger partial charge is 0.465 e. The first-order chi connectivity index (χ1) is 26.0. The zero-order valence-electron chi connectivity index (χ0n) is 31.2. The number of methoxy groups -OCH3 is 1. The van der Waals surface area contributed by atoms with E-state index in [1.165, 1.54) is 7.11 Å². The molecule has 54 heavy (non-hydrogen) atoms. The van der Waals surface area contributed by atoms with Gasteiger partial charge in [0, 0.05) is 54.9 Å². The van der Waals surface area contributed by atoms with Crippen molar-refractivity contribution in [2.24, 2.45) is 0 Å². The van der Waals surface area contributed by atoms with Crippen LogP contribution in [-0.2, 0) is 28.9 Å². The Kier molecular flexibility index (Phi) is 11.8. The zero-order valence-corrected chi connectivity index (χ0v) is 31.2. The Morgan fingerprint density at radius 2 is 1.39 bits per heavy atom. The van der Waals surface area contributed by atoms with Crippen molar-refractivity contribution in [1.29, 1.82) is 0 Å². The number of nitrogens with one attached hydrogen (secondary N) is 3. The van der Waals surface area contributed by atoms with Crippen molar-refractivity contribution in [2.75, 3.05) is 43.9 Å². The number of piperazine rings is 1. The summed E-state index contributed by atoms with van der Waals surface area (Å²) in [5.41, 5.74) is 5.45. The van der Waals surface area contributed by atoms with Crippen molar-refractivity contribution in [3.05, 3.63) is 130 Å². The van der Waals surface area contributed by atoms with E-state index in [1.54, 1.807) is 23.1 Å². The third-order valence-electron chi connectivity index (χ3n) is 9.31. The molecule has 0 radical (unpaired) electrons. The molecule has 1 aromatic heterocycles. The van der Waals surface area contributed by atoms with Gasteiger partial charge in [0.25, 0.3) is 11.8 Å². The highest BCUT2D eigenvalue weighted by atomic mass is 16.6. The van der Waals surface area contributed by atoms with Crippen LogP contribution in [0, 0.1) is 0 Å². The molecule has 0 spiro atoms. The second kappa shape index (κ2) is 16.8. The second-order valence-corrected chi connectivity index (χ2v) is 14.5. The van der Waals surface area contributed by atoms with Crippen molar-refractivity contribution in [2.45, 2.75) is 52.2 Å². The number of hydrogen-bond acceptors (Lipinski definition) is 7. The van der Waals surface area contributed by atoms with Gasteiger partial charge in [-0.05, 0) is 99.2 Å². The highest BCUT2D eigenvalue weighted by molar-refractivity contribution is 6.19. The van der Waals surface area contributed by atoms with E-state index in [1.807, 2.05) is 99.6 Å². The van der Waals surface area contributed by atoms with E-state index in [2.05, 4.69) is 20.5 Å². The molecule has 0 unspecified atom stereocenters. The number of carbonyl (C=O) groups excluding carboxylic acids is 4. The van der Waals surface area contributed by atoms with Gasteiger partial charge in [-0.15, -0.1) is 0 Å². The second-order valence-electron chi connectivity index (χ2n) is 14.5. The fourth-order valence-electron chi connectivity index (χ4n) is 6.51. The Morgan fingerprint density at radius 3 is 2.06 bits per heavy atom. The average molecular weight is 730 g/mol. The van der Waals surface area contributed by atoms with Crippen LogP contribution in [-0.4, -0.2) is 77.6 Å². The lowest BCUT2D eigenvalue weighted by Crippen LogP contribution is -2.49. The van der Waals surface area contributed by atoms with Crippen LogP contribution in [0.2, 0.25) is 0 Å². The Morgan fingerprint density at radius 1 is 0.722 bits per heavy atom. The number of anilines is 2. The molecule has 4 aromatic carbocycles. The Balaban J connectivity index is 1.06. The molecule has 5 aromatic rings. The SMILES string of the molecule is COC(=O)c1ccc(CCCc2ccc(NC(=O)c3c(NC(=O)c4cccc(CN5CCN(C(=O)OC(C)(C)C)CC5)c4)[nH]c4ccccc34)cc2)cc1. The number of carbonyl (C=O) groups is 4. The predicted molar refractivity (Wildman–Crippen MR) is 210 cm³/mol. The minimum absolute atomic E-state index is 0.297. The standard InChI is InChI=1S/C43H47N5O6/c1-43(2,3)54-42(52)48-25-23-47(24-26-48)28-31-11-8-12-33(27-31)39(49)46-38-37(35-13-5-6-14-36(35)45-38)40(50)44-34-21-17-30(18-22-34)10-7-9-29-15-19-32(20-16-29)41(51)53-4/h5-6,8,11-22,27,45H,7,9-10,23-26,28H2,1-4H3,(H,44,50)(H,46,49). The molecule has 1 fully saturated rings. The first-order valence-corrected chi connectivity index (χ1v) is 18.2. The Bertz CT molecular complexity index is 2110. The van der Waals surface area contributed by atoms with Gasteiger partial charge >= 0.3 is 12.1 Å². The van der Waals surface area contributed by atoms with E-state index in [-0.39, 0.29) is 23.9 Å². The minimum atomic E-state index is -0.536. The van der Waals surface area contributed by atoms with Gasteiger partial charge in [0.05, 0.1) is 18.2 Å². The van der Waals surface area contributed by atoms with Crippen LogP contribution in [0.3, 0.4) is 0 Å². The molecule has 0 atom stereocenters. The predicted octanol–water partition coefficient (Wildman–Crippen LogP) is 7.69. The van der Waals surface area contributed by atoms with Crippen molar-refractivity contribution in [1.82, 2.24) is 14.8 Å². The molecular formula is C43H47N5O6. The number of benzene rings is 4. The van der Waals surface area contributed by atoms with E-state index in [0.29, 0.717) is 66.3 Å². The molecule has 0 bridgehead atoms. The fourth-order valence-corrected chi connectivity index (χ4v) is 6.51. The number of nitrogens with zero attached hydrogens (tertiary/aromatic N) is 2. The molecule has 11 nitrogen and oxygen atoms in total. The molecule has 6 rings (SSSR count). The van der Waals surface area contributed by atoms with Crippen molar-refractivity contribution >= 4 is 46.3 Å². The smallest absolute Gasteiger partial charge is 0.410 e. The topological polar surface area (TPSA) is 133 Å². The van der Waals surface area contributed by atoms with Gasteiger partial charge in [-0.1, -0.05) is 54.6 Å². The van der Waals surface area contributed by atoms with Crippen LogP contribution in [0.5, 0.6) is 0 Å². The molecule has 3 amide bonds. The minimum Gasteiger partial charge on any atom is -0.465 e. The molecule has 1 aliphatic rings. The van der Waals surface area contributed by atoms with Gasteiger partial charge in [0.15, 0.2) is 0 Å². The number of amides is 3. The van der Waals surface area contributed by atoms with Crippen molar-refractivity contribution < 1.29 is 28.7 Å². The normalized spacial score (nSPS) is 13.4. The van der Waals surface area contributed by atoms with Gasteiger partial charge in [-0.25, -0.2) is 9.59 Å². The maximum atomic E-state index is 13.8. The molecule has 2 heterocycles. The van der Waals surface area contributed by atoms with E-state index in [9.17, 15) is 19.2 Å². The van der Waals surface area contributed by atoms with Crippen LogP contribution in [0.25, 0.3) is 10.9 Å². The molecule has 1 saturated heterocycles. The highest BCUT2D eigenvalue weighted by Crippen LogP contribution is 2.28. The van der Waals surface area contributed by atoms with Crippen molar-refractivity contribution in [3.8, 4) is 0 Å². The maximum Gasteiger partial charge on any atom is 0.410 e. The molecular weight excluding hydrogens is 683 g/mol. The van der Waals surface area contributed by atoms with Gasteiger partial charge in [-0.3, -0.25) is 14.5 Å². The summed E-state index contributed by atoms with van der Waals surface area (Å²) in [6.07, 6.45) is 2.36. The molecule has 1 aliphatic heterocycles. The maximum absolute atomic E-state index is 13.8. The Hall–Kier alpha value is -5.94. The summed E-state index contributed by atoms with van der Waals surface area (Å²) in [6.45, 7) is 8.75. The number of aryl methyl sites for hydroxylation is 2. The number of aromatic amines is 1.